The summed E-state index contributed by atoms with van der Waals surface area (Å²) in [6.07, 6.45) is 0. The molecule has 2 heterocycles. The minimum Gasteiger partial charge on any atom is -0.423 e. The van der Waals surface area contributed by atoms with Crippen molar-refractivity contribution in [1.29, 1.82) is 0 Å². The number of primary amides is 2. The van der Waals surface area contributed by atoms with Crippen molar-refractivity contribution in [3.8, 4) is 0 Å². The SMILES string of the molecule is Cc1nc2cc(C(N)=O)ccc2n1Cc1ccc(B(O)O)cc1.Cc1nc2ccc(C(N)=O)cc2n1Cc1ccc(B(O)O)cc1. The Bertz CT molecular complexity index is 2040. The summed E-state index contributed by atoms with van der Waals surface area (Å²) in [5, 5.41) is 36.5. The predicted octanol–water partition coefficient (Wildman–Crippen LogP) is 0.343. The fourth-order valence-electron chi connectivity index (χ4n) is 5.15. The normalized spacial score (nSPS) is 10.9. The highest BCUT2D eigenvalue weighted by atomic mass is 16.4. The van der Waals surface area contributed by atoms with Crippen molar-refractivity contribution in [3.63, 3.8) is 0 Å². The molecule has 2 amide bonds. The first-order valence-corrected chi connectivity index (χ1v) is 14.3. The van der Waals surface area contributed by atoms with Crippen LogP contribution in [0.2, 0.25) is 0 Å². The molecule has 6 rings (SSSR count). The maximum absolute atomic E-state index is 11.4. The maximum atomic E-state index is 11.4. The molecule has 2 aromatic heterocycles. The number of imidazole rings is 2. The molecule has 0 unspecified atom stereocenters. The molecule has 8 N–H and O–H groups in total. The van der Waals surface area contributed by atoms with Gasteiger partial charge in [-0.2, -0.15) is 0 Å². The second-order valence-electron chi connectivity index (χ2n) is 10.9. The van der Waals surface area contributed by atoms with Crippen LogP contribution in [0.1, 0.15) is 43.5 Å². The quantitative estimate of drug-likeness (QED) is 0.131. The van der Waals surface area contributed by atoms with E-state index in [1.54, 1.807) is 54.6 Å². The molecule has 0 aliphatic heterocycles. The number of carbonyl (C=O) groups is 2. The molecule has 0 bridgehead atoms. The second kappa shape index (κ2) is 13.4. The number of hydrogen-bond donors (Lipinski definition) is 6. The first-order chi connectivity index (χ1) is 21.9. The fourth-order valence-corrected chi connectivity index (χ4v) is 5.15. The zero-order valence-electron chi connectivity index (χ0n) is 25.2. The smallest absolute Gasteiger partial charge is 0.423 e. The van der Waals surface area contributed by atoms with Crippen molar-refractivity contribution in [3.05, 3.63) is 119 Å². The highest BCUT2D eigenvalue weighted by Gasteiger charge is 2.14. The number of nitrogens with two attached hydrogens (primary N) is 2. The van der Waals surface area contributed by atoms with Gasteiger partial charge in [-0.3, -0.25) is 9.59 Å². The number of aromatic nitrogens is 4. The number of nitrogens with zero attached hydrogens (tertiary/aromatic N) is 4. The Morgan fingerprint density at radius 3 is 1.52 bits per heavy atom. The molecular formula is C32H32B2N6O6. The summed E-state index contributed by atoms with van der Waals surface area (Å²) in [4.78, 5) is 31.6. The summed E-state index contributed by atoms with van der Waals surface area (Å²) in [5.74, 6) is 0.705. The number of benzene rings is 4. The van der Waals surface area contributed by atoms with Gasteiger partial charge in [0, 0.05) is 24.2 Å². The van der Waals surface area contributed by atoms with Crippen LogP contribution >= 0.6 is 0 Å². The Morgan fingerprint density at radius 2 is 1.04 bits per heavy atom. The van der Waals surface area contributed by atoms with Crippen LogP contribution in [-0.2, 0) is 13.1 Å². The summed E-state index contributed by atoms with van der Waals surface area (Å²) >= 11 is 0. The van der Waals surface area contributed by atoms with Crippen molar-refractivity contribution in [1.82, 2.24) is 19.1 Å². The number of amides is 2. The van der Waals surface area contributed by atoms with E-state index in [0.29, 0.717) is 35.1 Å². The third-order valence-corrected chi connectivity index (χ3v) is 7.68. The zero-order chi connectivity index (χ0) is 33.1. The number of carbonyl (C=O) groups excluding carboxylic acids is 2. The van der Waals surface area contributed by atoms with E-state index < -0.39 is 26.1 Å². The number of fused-ring (bicyclic) bond motifs is 2. The molecule has 0 atom stereocenters. The minimum atomic E-state index is -1.47. The Morgan fingerprint density at radius 1 is 0.609 bits per heavy atom. The van der Waals surface area contributed by atoms with Gasteiger partial charge in [-0.05, 0) is 72.3 Å². The average molecular weight is 618 g/mol. The average Bonchev–Trinajstić information content (AvgIpc) is 3.51. The first kappa shape index (κ1) is 32.1. The van der Waals surface area contributed by atoms with Crippen molar-refractivity contribution in [2.24, 2.45) is 11.5 Å². The van der Waals surface area contributed by atoms with Crippen molar-refractivity contribution in [2.75, 3.05) is 0 Å². The van der Waals surface area contributed by atoms with Gasteiger partial charge in [0.15, 0.2) is 0 Å². The molecule has 12 nitrogen and oxygen atoms in total. The van der Waals surface area contributed by atoms with Crippen LogP contribution in [0.25, 0.3) is 22.1 Å². The van der Waals surface area contributed by atoms with Crippen LogP contribution in [0.4, 0.5) is 0 Å². The molecular weight excluding hydrogens is 586 g/mol. The highest BCUT2D eigenvalue weighted by molar-refractivity contribution is 6.58. The van der Waals surface area contributed by atoms with Gasteiger partial charge < -0.3 is 40.7 Å². The van der Waals surface area contributed by atoms with Gasteiger partial charge in [-0.1, -0.05) is 48.5 Å². The van der Waals surface area contributed by atoms with E-state index >= 15 is 0 Å². The standard InChI is InChI=1S/2C16H16BN3O3/c1-10-19-14-8-12(16(18)21)4-7-15(14)20(10)9-11-2-5-13(6-3-11)17(22)23;1-10-19-14-7-4-12(16(18)21)8-15(14)20(10)9-11-2-5-13(6-3-11)17(22)23/h2*2-8,22-23H,9H2,1H3,(H2,18,21). The monoisotopic (exact) mass is 618 g/mol. The van der Waals surface area contributed by atoms with Gasteiger partial charge >= 0.3 is 14.2 Å². The van der Waals surface area contributed by atoms with Gasteiger partial charge in [-0.15, -0.1) is 0 Å². The van der Waals surface area contributed by atoms with Crippen LogP contribution in [0.5, 0.6) is 0 Å². The lowest BCUT2D eigenvalue weighted by atomic mass is 9.80. The number of aryl methyl sites for hydroxylation is 2. The van der Waals surface area contributed by atoms with Crippen LogP contribution < -0.4 is 22.4 Å². The van der Waals surface area contributed by atoms with Gasteiger partial charge in [0.2, 0.25) is 11.8 Å². The molecule has 6 aromatic rings. The van der Waals surface area contributed by atoms with E-state index in [0.717, 1.165) is 44.8 Å². The summed E-state index contributed by atoms with van der Waals surface area (Å²) in [6, 6.07) is 24.4. The topological polar surface area (TPSA) is 203 Å². The van der Waals surface area contributed by atoms with Gasteiger partial charge in [0.05, 0.1) is 22.1 Å². The zero-order valence-corrected chi connectivity index (χ0v) is 25.2. The lowest BCUT2D eigenvalue weighted by molar-refractivity contribution is 0.0992. The second-order valence-corrected chi connectivity index (χ2v) is 10.9. The maximum Gasteiger partial charge on any atom is 0.488 e. The molecule has 0 spiro atoms. The van der Waals surface area contributed by atoms with E-state index in [9.17, 15) is 9.59 Å². The molecule has 46 heavy (non-hydrogen) atoms. The fraction of sp³-hybridized carbons (Fsp3) is 0.125. The highest BCUT2D eigenvalue weighted by Crippen LogP contribution is 2.20. The molecule has 4 aromatic carbocycles. The van der Waals surface area contributed by atoms with Crippen molar-refractivity contribution in [2.45, 2.75) is 26.9 Å². The van der Waals surface area contributed by atoms with Crippen LogP contribution in [0.3, 0.4) is 0 Å². The lowest BCUT2D eigenvalue weighted by Crippen LogP contribution is -2.29. The van der Waals surface area contributed by atoms with E-state index in [1.165, 1.54) is 0 Å². The first-order valence-electron chi connectivity index (χ1n) is 14.3. The molecule has 0 aliphatic carbocycles. The Balaban J connectivity index is 0.000000181. The van der Waals surface area contributed by atoms with Crippen LogP contribution in [0, 0.1) is 13.8 Å². The van der Waals surface area contributed by atoms with E-state index in [4.69, 9.17) is 31.6 Å². The Labute approximate surface area is 264 Å². The number of hydrogen-bond acceptors (Lipinski definition) is 8. The Kier molecular flexibility index (Phi) is 9.35. The summed E-state index contributed by atoms with van der Waals surface area (Å²) < 4.78 is 4.02. The van der Waals surface area contributed by atoms with E-state index in [1.807, 2.05) is 53.3 Å². The molecule has 0 saturated carbocycles. The third-order valence-electron chi connectivity index (χ3n) is 7.68. The summed E-state index contributed by atoms with van der Waals surface area (Å²) in [5.41, 5.74) is 17.7. The summed E-state index contributed by atoms with van der Waals surface area (Å²) in [6.45, 7) is 4.96. The van der Waals surface area contributed by atoms with E-state index in [2.05, 4.69) is 9.97 Å². The molecule has 14 heteroatoms. The molecule has 0 aliphatic rings. The molecule has 232 valence electrons. The molecule has 0 saturated heterocycles. The molecule has 0 radical (unpaired) electrons. The lowest BCUT2D eigenvalue weighted by Gasteiger charge is -2.08. The third kappa shape index (κ3) is 7.00. The van der Waals surface area contributed by atoms with Crippen molar-refractivity contribution < 1.29 is 29.7 Å². The Hall–Kier alpha value is -5.27. The van der Waals surface area contributed by atoms with Gasteiger partial charge in [0.1, 0.15) is 11.6 Å². The number of rotatable bonds is 8. The van der Waals surface area contributed by atoms with Gasteiger partial charge in [0.25, 0.3) is 0 Å². The van der Waals surface area contributed by atoms with Crippen LogP contribution in [-0.4, -0.2) is 65.2 Å². The van der Waals surface area contributed by atoms with Crippen LogP contribution in [0.15, 0.2) is 84.9 Å². The largest absolute Gasteiger partial charge is 0.488 e. The predicted molar refractivity (Wildman–Crippen MR) is 177 cm³/mol. The minimum absolute atomic E-state index is 0.434. The van der Waals surface area contributed by atoms with Gasteiger partial charge in [-0.25, -0.2) is 9.97 Å². The summed E-state index contributed by atoms with van der Waals surface area (Å²) in [7, 11) is -2.94. The molecule has 0 fully saturated rings. The van der Waals surface area contributed by atoms with E-state index in [-0.39, 0.29) is 0 Å². The van der Waals surface area contributed by atoms with Crippen molar-refractivity contribution >= 4 is 59.0 Å².